The highest BCUT2D eigenvalue weighted by molar-refractivity contribution is 5.91. The first-order valence-corrected chi connectivity index (χ1v) is 13.3. The number of nitrogens with two attached hydrogens (primary N) is 1. The van der Waals surface area contributed by atoms with Crippen LogP contribution >= 0.6 is 0 Å². The van der Waals surface area contributed by atoms with Gasteiger partial charge in [-0.15, -0.1) is 0 Å². The standard InChI is InChI=1S/C36H32N2/c1-26-12-6-2-3-11-17-32-34-25-30(37)20-23-35(34)38(36(26)32)31-21-18-27(19-22-31)24-33(28-13-7-4-8-14-28)29-15-9-5-10-16-29/h2-10,12-16,18-25,32,36H,1,11,17,37H2/b3-2-,12-6-. The molecular formula is C36H32N2. The van der Waals surface area contributed by atoms with Crippen molar-refractivity contribution in [1.29, 1.82) is 0 Å². The summed E-state index contributed by atoms with van der Waals surface area (Å²) in [5.41, 5.74) is 16.7. The molecule has 0 spiro atoms. The maximum atomic E-state index is 6.26. The molecule has 1 aliphatic heterocycles. The lowest BCUT2D eigenvalue weighted by molar-refractivity contribution is 0.586. The predicted octanol–water partition coefficient (Wildman–Crippen LogP) is 8.92. The summed E-state index contributed by atoms with van der Waals surface area (Å²) < 4.78 is 0. The molecule has 2 heteroatoms. The van der Waals surface area contributed by atoms with Crippen molar-refractivity contribution in [3.8, 4) is 0 Å². The lowest BCUT2D eigenvalue weighted by Crippen LogP contribution is -2.31. The minimum atomic E-state index is 0.161. The second kappa shape index (κ2) is 10.4. The van der Waals surface area contributed by atoms with Crippen molar-refractivity contribution >= 4 is 28.7 Å². The highest BCUT2D eigenvalue weighted by atomic mass is 15.2. The molecule has 0 fully saturated rings. The summed E-state index contributed by atoms with van der Waals surface area (Å²) in [7, 11) is 0. The van der Waals surface area contributed by atoms with Crippen molar-refractivity contribution < 1.29 is 0 Å². The summed E-state index contributed by atoms with van der Waals surface area (Å²) in [6.45, 7) is 4.50. The third-order valence-electron chi connectivity index (χ3n) is 7.60. The fourth-order valence-corrected chi connectivity index (χ4v) is 5.82. The first kappa shape index (κ1) is 23.8. The Balaban J connectivity index is 1.40. The van der Waals surface area contributed by atoms with E-state index in [2.05, 4.69) is 139 Å². The molecule has 2 atom stereocenters. The Morgan fingerprint density at radius 1 is 0.816 bits per heavy atom. The summed E-state index contributed by atoms with van der Waals surface area (Å²) in [5, 5.41) is 0. The lowest BCUT2D eigenvalue weighted by Gasteiger charge is -2.31. The van der Waals surface area contributed by atoms with Crippen molar-refractivity contribution in [2.75, 3.05) is 10.6 Å². The molecule has 0 bridgehead atoms. The van der Waals surface area contributed by atoms with Gasteiger partial charge in [-0.1, -0.05) is 104 Å². The summed E-state index contributed by atoms with van der Waals surface area (Å²) in [6, 6.07) is 36.6. The van der Waals surface area contributed by atoms with Crippen molar-refractivity contribution in [1.82, 2.24) is 0 Å². The molecule has 2 aliphatic rings. The smallest absolute Gasteiger partial charge is 0.0655 e. The topological polar surface area (TPSA) is 29.3 Å². The fraction of sp³-hybridized carbons (Fsp3) is 0.111. The van der Waals surface area contributed by atoms with Crippen LogP contribution in [0.2, 0.25) is 0 Å². The number of benzene rings is 4. The summed E-state index contributed by atoms with van der Waals surface area (Å²) >= 11 is 0. The van der Waals surface area contributed by atoms with Crippen LogP contribution in [0.4, 0.5) is 17.1 Å². The zero-order chi connectivity index (χ0) is 25.9. The molecule has 4 aromatic rings. The van der Waals surface area contributed by atoms with Crippen molar-refractivity contribution in [2.45, 2.75) is 24.8 Å². The summed E-state index contributed by atoms with van der Waals surface area (Å²) in [6.07, 6.45) is 13.0. The maximum Gasteiger partial charge on any atom is 0.0655 e. The van der Waals surface area contributed by atoms with Crippen LogP contribution in [0.25, 0.3) is 11.6 Å². The Morgan fingerprint density at radius 3 is 2.18 bits per heavy atom. The van der Waals surface area contributed by atoms with E-state index in [1.807, 2.05) is 6.07 Å². The van der Waals surface area contributed by atoms with E-state index in [1.54, 1.807) is 0 Å². The predicted molar refractivity (Wildman–Crippen MR) is 162 cm³/mol. The molecule has 2 unspecified atom stereocenters. The monoisotopic (exact) mass is 492 g/mol. The number of nitrogen functional groups attached to an aromatic ring is 1. The molecule has 2 nitrogen and oxygen atoms in total. The molecule has 38 heavy (non-hydrogen) atoms. The average molecular weight is 493 g/mol. The SMILES string of the molecule is C=C1/C=C\C=C/CCC2c3cc(N)ccc3N(c3ccc(C=C(c4ccccc4)c4ccccc4)cc3)C12. The van der Waals surface area contributed by atoms with Gasteiger partial charge in [0.25, 0.3) is 0 Å². The van der Waals surface area contributed by atoms with Gasteiger partial charge in [-0.25, -0.2) is 0 Å². The second-order valence-corrected chi connectivity index (χ2v) is 10.1. The van der Waals surface area contributed by atoms with Gasteiger partial charge in [-0.2, -0.15) is 0 Å². The Bertz CT molecular complexity index is 1480. The molecule has 6 rings (SSSR count). The minimum Gasteiger partial charge on any atom is -0.399 e. The summed E-state index contributed by atoms with van der Waals surface area (Å²) in [4.78, 5) is 2.46. The van der Waals surface area contributed by atoms with E-state index < -0.39 is 0 Å². The van der Waals surface area contributed by atoms with Gasteiger partial charge in [-0.05, 0) is 82.6 Å². The number of fused-ring (bicyclic) bond motifs is 3. The van der Waals surface area contributed by atoms with E-state index in [0.717, 1.165) is 24.1 Å². The lowest BCUT2D eigenvalue weighted by atomic mass is 9.87. The average Bonchev–Trinajstić information content (AvgIpc) is 3.31. The Kier molecular flexibility index (Phi) is 6.54. The minimum absolute atomic E-state index is 0.161. The van der Waals surface area contributed by atoms with Gasteiger partial charge in [-0.3, -0.25) is 0 Å². The number of allylic oxidation sites excluding steroid dienone is 3. The van der Waals surface area contributed by atoms with E-state index in [4.69, 9.17) is 5.73 Å². The van der Waals surface area contributed by atoms with Crippen molar-refractivity contribution in [2.24, 2.45) is 0 Å². The van der Waals surface area contributed by atoms with Crippen LogP contribution in [0, 0.1) is 0 Å². The van der Waals surface area contributed by atoms with E-state index >= 15 is 0 Å². The largest absolute Gasteiger partial charge is 0.399 e. The van der Waals surface area contributed by atoms with Gasteiger partial charge in [0.2, 0.25) is 0 Å². The summed E-state index contributed by atoms with van der Waals surface area (Å²) in [5.74, 6) is 0.343. The van der Waals surface area contributed by atoms with Gasteiger partial charge in [0.05, 0.1) is 6.04 Å². The number of rotatable bonds is 4. The van der Waals surface area contributed by atoms with E-state index in [1.165, 1.54) is 39.2 Å². The zero-order valence-electron chi connectivity index (χ0n) is 21.5. The number of hydrogen-bond donors (Lipinski definition) is 1. The molecule has 0 saturated heterocycles. The third kappa shape index (κ3) is 4.62. The molecule has 2 N–H and O–H groups in total. The Labute approximate surface area is 225 Å². The van der Waals surface area contributed by atoms with Gasteiger partial charge < -0.3 is 10.6 Å². The first-order chi connectivity index (χ1) is 18.7. The number of anilines is 3. The van der Waals surface area contributed by atoms with Crippen LogP contribution in [-0.2, 0) is 0 Å². The first-order valence-electron chi connectivity index (χ1n) is 13.3. The molecule has 4 aromatic carbocycles. The normalized spacial score (nSPS) is 19.9. The van der Waals surface area contributed by atoms with Crippen LogP contribution in [0.5, 0.6) is 0 Å². The molecule has 1 aliphatic carbocycles. The van der Waals surface area contributed by atoms with Gasteiger partial charge in [0, 0.05) is 23.0 Å². The second-order valence-electron chi connectivity index (χ2n) is 10.1. The Hall–Kier alpha value is -4.56. The Morgan fingerprint density at radius 2 is 1.50 bits per heavy atom. The van der Waals surface area contributed by atoms with Gasteiger partial charge in [0.15, 0.2) is 0 Å². The third-order valence-corrected chi connectivity index (χ3v) is 7.60. The van der Waals surface area contributed by atoms with E-state index in [0.29, 0.717) is 5.92 Å². The van der Waals surface area contributed by atoms with Gasteiger partial charge >= 0.3 is 0 Å². The molecule has 1 heterocycles. The number of hydrogen-bond acceptors (Lipinski definition) is 2. The van der Waals surface area contributed by atoms with Gasteiger partial charge in [0.1, 0.15) is 0 Å². The fourth-order valence-electron chi connectivity index (χ4n) is 5.82. The van der Waals surface area contributed by atoms with Crippen molar-refractivity contribution in [3.05, 3.63) is 162 Å². The van der Waals surface area contributed by atoms with Crippen molar-refractivity contribution in [3.63, 3.8) is 0 Å². The number of nitrogens with zero attached hydrogens (tertiary/aromatic N) is 1. The quantitative estimate of drug-likeness (QED) is 0.228. The molecule has 0 aromatic heterocycles. The zero-order valence-corrected chi connectivity index (χ0v) is 21.5. The van der Waals surface area contributed by atoms with Crippen LogP contribution < -0.4 is 10.6 Å². The molecule has 186 valence electrons. The van der Waals surface area contributed by atoms with E-state index in [9.17, 15) is 0 Å². The van der Waals surface area contributed by atoms with Crippen LogP contribution in [0.3, 0.4) is 0 Å². The highest BCUT2D eigenvalue weighted by Gasteiger charge is 2.40. The highest BCUT2D eigenvalue weighted by Crippen LogP contribution is 2.50. The molecule has 0 saturated carbocycles. The van der Waals surface area contributed by atoms with Crippen LogP contribution in [0.1, 0.15) is 41.0 Å². The van der Waals surface area contributed by atoms with E-state index in [-0.39, 0.29) is 6.04 Å². The molecule has 0 amide bonds. The molecule has 0 radical (unpaired) electrons. The van der Waals surface area contributed by atoms with Crippen LogP contribution in [-0.4, -0.2) is 6.04 Å². The molecular weight excluding hydrogens is 460 g/mol. The maximum absolute atomic E-state index is 6.26. The van der Waals surface area contributed by atoms with Crippen LogP contribution in [0.15, 0.2) is 140 Å².